The molecule has 16 heavy (non-hydrogen) atoms. The van der Waals surface area contributed by atoms with Gasteiger partial charge >= 0.3 is 0 Å². The minimum atomic E-state index is 0.565. The highest BCUT2D eigenvalue weighted by molar-refractivity contribution is 8.13. The van der Waals surface area contributed by atoms with Gasteiger partial charge in [0.15, 0.2) is 5.17 Å². The molecule has 2 heterocycles. The molecule has 0 spiro atoms. The van der Waals surface area contributed by atoms with Gasteiger partial charge in [-0.05, 0) is 25.5 Å². The number of aliphatic imine (C=N–C) groups is 1. The summed E-state index contributed by atoms with van der Waals surface area (Å²) in [7, 11) is 0. The van der Waals surface area contributed by atoms with Crippen molar-refractivity contribution in [3.05, 3.63) is 30.1 Å². The number of amidine groups is 1. The second-order valence-electron chi connectivity index (χ2n) is 3.94. The summed E-state index contributed by atoms with van der Waals surface area (Å²) in [6.45, 7) is 3.02. The Bertz CT molecular complexity index is 351. The van der Waals surface area contributed by atoms with E-state index in [9.17, 15) is 0 Å². The van der Waals surface area contributed by atoms with Gasteiger partial charge in [0.2, 0.25) is 0 Å². The number of hydrogen-bond donors (Lipinski definition) is 1. The molecule has 1 aliphatic heterocycles. The molecule has 0 saturated carbocycles. The molecule has 0 radical (unpaired) electrons. The number of aromatic nitrogens is 1. The summed E-state index contributed by atoms with van der Waals surface area (Å²) in [5.41, 5.74) is 1.11. The summed E-state index contributed by atoms with van der Waals surface area (Å²) >= 11 is 1.82. The third-order valence-electron chi connectivity index (χ3n) is 2.51. The molecule has 0 bridgehead atoms. The van der Waals surface area contributed by atoms with Gasteiger partial charge < -0.3 is 5.32 Å². The van der Waals surface area contributed by atoms with Gasteiger partial charge in [-0.25, -0.2) is 0 Å². The first-order chi connectivity index (χ1) is 7.84. The first-order valence-corrected chi connectivity index (χ1v) is 6.67. The molecular formula is C12H17N3S. The maximum absolute atomic E-state index is 4.56. The summed E-state index contributed by atoms with van der Waals surface area (Å²) in [6.07, 6.45) is 3.98. The lowest BCUT2D eigenvalue weighted by Gasteiger charge is -2.21. The van der Waals surface area contributed by atoms with Gasteiger partial charge in [-0.15, -0.1) is 0 Å². The Labute approximate surface area is 101 Å². The number of nitrogens with one attached hydrogen (secondary N) is 1. The summed E-state index contributed by atoms with van der Waals surface area (Å²) in [4.78, 5) is 8.84. The molecule has 1 N–H and O–H groups in total. The van der Waals surface area contributed by atoms with Crippen LogP contribution in [0.3, 0.4) is 0 Å². The highest BCUT2D eigenvalue weighted by Gasteiger charge is 2.12. The molecule has 1 fully saturated rings. The fourth-order valence-electron chi connectivity index (χ4n) is 1.57. The van der Waals surface area contributed by atoms with Crippen LogP contribution in [-0.4, -0.2) is 28.5 Å². The number of hydrogen-bond acceptors (Lipinski definition) is 3. The van der Waals surface area contributed by atoms with Crippen LogP contribution in [0.15, 0.2) is 29.4 Å². The Kier molecular flexibility index (Phi) is 4.22. The van der Waals surface area contributed by atoms with Gasteiger partial charge in [-0.3, -0.25) is 9.98 Å². The van der Waals surface area contributed by atoms with Crippen LogP contribution >= 0.6 is 11.8 Å². The molecule has 1 unspecified atom stereocenters. The molecule has 1 aromatic rings. The summed E-state index contributed by atoms with van der Waals surface area (Å²) < 4.78 is 0. The van der Waals surface area contributed by atoms with Crippen LogP contribution in [0.25, 0.3) is 0 Å². The van der Waals surface area contributed by atoms with Crippen LogP contribution < -0.4 is 5.32 Å². The van der Waals surface area contributed by atoms with Crippen molar-refractivity contribution in [2.75, 3.05) is 12.3 Å². The van der Waals surface area contributed by atoms with Crippen LogP contribution in [0.1, 0.15) is 19.0 Å². The summed E-state index contributed by atoms with van der Waals surface area (Å²) in [6, 6.07) is 6.57. The molecule has 0 amide bonds. The van der Waals surface area contributed by atoms with Crippen molar-refractivity contribution in [1.82, 2.24) is 10.3 Å². The number of rotatable bonds is 3. The molecule has 1 aromatic heterocycles. The van der Waals surface area contributed by atoms with Crippen molar-refractivity contribution < 1.29 is 0 Å². The van der Waals surface area contributed by atoms with E-state index in [1.54, 1.807) is 0 Å². The number of thioether (sulfide) groups is 1. The third kappa shape index (κ3) is 3.52. The zero-order valence-corrected chi connectivity index (χ0v) is 10.3. The van der Waals surface area contributed by atoms with E-state index in [2.05, 4.69) is 22.2 Å². The van der Waals surface area contributed by atoms with Gasteiger partial charge in [-0.2, -0.15) is 0 Å². The molecule has 4 heteroatoms. The molecule has 0 aliphatic carbocycles. The zero-order valence-electron chi connectivity index (χ0n) is 9.52. The minimum Gasteiger partial charge on any atom is -0.362 e. The largest absolute Gasteiger partial charge is 0.362 e. The zero-order chi connectivity index (χ0) is 11.2. The standard InChI is InChI=1S/C12H17N3S/c1-10-6-9-16-12(15-10)14-8-5-11-4-2-3-7-13-11/h2-4,7,10H,5-6,8-9H2,1H3,(H,14,15). The third-order valence-corrected chi connectivity index (χ3v) is 3.47. The molecule has 1 aliphatic rings. The van der Waals surface area contributed by atoms with Crippen molar-refractivity contribution in [3.63, 3.8) is 0 Å². The smallest absolute Gasteiger partial charge is 0.156 e. The Morgan fingerprint density at radius 2 is 2.50 bits per heavy atom. The second kappa shape index (κ2) is 5.89. The summed E-state index contributed by atoms with van der Waals surface area (Å²) in [5.74, 6) is 1.18. The van der Waals surface area contributed by atoms with E-state index in [1.165, 1.54) is 12.2 Å². The average molecular weight is 235 g/mol. The number of pyridine rings is 1. The van der Waals surface area contributed by atoms with Crippen molar-refractivity contribution in [3.8, 4) is 0 Å². The van der Waals surface area contributed by atoms with E-state index >= 15 is 0 Å². The van der Waals surface area contributed by atoms with E-state index in [1.807, 2.05) is 36.2 Å². The summed E-state index contributed by atoms with van der Waals surface area (Å²) in [5, 5.41) is 4.49. The Hall–Kier alpha value is -1.03. The fraction of sp³-hybridized carbons (Fsp3) is 0.500. The van der Waals surface area contributed by atoms with Gasteiger partial charge in [0.1, 0.15) is 0 Å². The first kappa shape index (κ1) is 11.5. The highest BCUT2D eigenvalue weighted by Crippen LogP contribution is 2.13. The molecular weight excluding hydrogens is 218 g/mol. The van der Waals surface area contributed by atoms with E-state index in [-0.39, 0.29) is 0 Å². The van der Waals surface area contributed by atoms with E-state index in [0.717, 1.165) is 23.8 Å². The van der Waals surface area contributed by atoms with Crippen molar-refractivity contribution in [1.29, 1.82) is 0 Å². The molecule has 1 saturated heterocycles. The first-order valence-electron chi connectivity index (χ1n) is 5.68. The monoisotopic (exact) mass is 235 g/mol. The van der Waals surface area contributed by atoms with E-state index in [0.29, 0.717) is 6.04 Å². The maximum Gasteiger partial charge on any atom is 0.156 e. The second-order valence-corrected chi connectivity index (χ2v) is 5.02. The Morgan fingerprint density at radius 3 is 3.25 bits per heavy atom. The molecule has 1 atom stereocenters. The lowest BCUT2D eigenvalue weighted by atomic mass is 10.2. The molecule has 2 rings (SSSR count). The van der Waals surface area contributed by atoms with Gasteiger partial charge in [0.05, 0.1) is 0 Å². The molecule has 0 aromatic carbocycles. The highest BCUT2D eigenvalue weighted by atomic mass is 32.2. The van der Waals surface area contributed by atoms with Crippen molar-refractivity contribution in [2.45, 2.75) is 25.8 Å². The van der Waals surface area contributed by atoms with Crippen LogP contribution in [0, 0.1) is 0 Å². The Balaban J connectivity index is 1.80. The molecule has 86 valence electrons. The van der Waals surface area contributed by atoms with Crippen LogP contribution in [0.2, 0.25) is 0 Å². The fourth-order valence-corrected chi connectivity index (χ4v) is 2.70. The lowest BCUT2D eigenvalue weighted by molar-refractivity contribution is 0.642. The average Bonchev–Trinajstić information content (AvgIpc) is 2.30. The maximum atomic E-state index is 4.56. The number of nitrogens with zero attached hydrogens (tertiary/aromatic N) is 2. The van der Waals surface area contributed by atoms with Crippen LogP contribution in [0.5, 0.6) is 0 Å². The molecule has 3 nitrogen and oxygen atoms in total. The van der Waals surface area contributed by atoms with E-state index < -0.39 is 0 Å². The predicted octanol–water partition coefficient (Wildman–Crippen LogP) is 2.10. The normalized spacial score (nSPS) is 23.1. The van der Waals surface area contributed by atoms with Gasteiger partial charge in [0, 0.05) is 36.7 Å². The van der Waals surface area contributed by atoms with Gasteiger partial charge in [-0.1, -0.05) is 17.8 Å². The topological polar surface area (TPSA) is 37.3 Å². The van der Waals surface area contributed by atoms with Crippen molar-refractivity contribution in [2.24, 2.45) is 4.99 Å². The quantitative estimate of drug-likeness (QED) is 0.871. The van der Waals surface area contributed by atoms with E-state index in [4.69, 9.17) is 0 Å². The minimum absolute atomic E-state index is 0.565. The SMILES string of the molecule is CC1CCSC(=NCCc2ccccn2)N1. The van der Waals surface area contributed by atoms with Crippen molar-refractivity contribution >= 4 is 16.9 Å². The Morgan fingerprint density at radius 1 is 1.56 bits per heavy atom. The van der Waals surface area contributed by atoms with Crippen LogP contribution in [0.4, 0.5) is 0 Å². The lowest BCUT2D eigenvalue weighted by Crippen LogP contribution is -2.35. The predicted molar refractivity (Wildman–Crippen MR) is 69.9 cm³/mol. The van der Waals surface area contributed by atoms with Crippen LogP contribution in [-0.2, 0) is 6.42 Å². The van der Waals surface area contributed by atoms with Gasteiger partial charge in [0.25, 0.3) is 0 Å².